The van der Waals surface area contributed by atoms with Crippen LogP contribution in [0.5, 0.6) is 0 Å². The molecule has 0 bridgehead atoms. The van der Waals surface area contributed by atoms with E-state index in [0.29, 0.717) is 17.9 Å². The molecule has 128 valence electrons. The third-order valence-corrected chi connectivity index (χ3v) is 5.89. The second-order valence-corrected chi connectivity index (χ2v) is 8.21. The van der Waals surface area contributed by atoms with Crippen LogP contribution >= 0.6 is 0 Å². The van der Waals surface area contributed by atoms with E-state index >= 15 is 0 Å². The first-order valence-electron chi connectivity index (χ1n) is 7.67. The van der Waals surface area contributed by atoms with E-state index in [2.05, 4.69) is 0 Å². The van der Waals surface area contributed by atoms with Gasteiger partial charge in [-0.15, -0.1) is 0 Å². The molecule has 0 unspecified atom stereocenters. The van der Waals surface area contributed by atoms with Crippen LogP contribution < -0.4 is 0 Å². The summed E-state index contributed by atoms with van der Waals surface area (Å²) in [4.78, 5) is 14.2. The largest absolute Gasteiger partial charge is 0.464 e. The van der Waals surface area contributed by atoms with Crippen LogP contribution in [0.1, 0.15) is 28.3 Å². The molecule has 24 heavy (non-hydrogen) atoms. The molecule has 0 saturated carbocycles. The van der Waals surface area contributed by atoms with E-state index in [9.17, 15) is 17.6 Å². The summed E-state index contributed by atoms with van der Waals surface area (Å²) in [5.74, 6) is 0.0278. The molecule has 1 aromatic heterocycles. The van der Waals surface area contributed by atoms with Crippen molar-refractivity contribution < 1.29 is 22.0 Å². The molecule has 1 aliphatic rings. The fourth-order valence-electron chi connectivity index (χ4n) is 2.92. The van der Waals surface area contributed by atoms with E-state index in [4.69, 9.17) is 4.42 Å². The highest BCUT2D eigenvalue weighted by Crippen LogP contribution is 2.23. The van der Waals surface area contributed by atoms with Gasteiger partial charge in [-0.2, -0.15) is 0 Å². The van der Waals surface area contributed by atoms with Crippen molar-refractivity contribution in [3.8, 4) is 0 Å². The van der Waals surface area contributed by atoms with Crippen LogP contribution in [-0.2, 0) is 16.4 Å². The summed E-state index contributed by atoms with van der Waals surface area (Å²) in [6.45, 7) is 1.90. The number of aryl methyl sites for hydroxylation is 1. The second kappa shape index (κ2) is 6.39. The molecule has 1 aromatic carbocycles. The van der Waals surface area contributed by atoms with Gasteiger partial charge in [0.15, 0.2) is 9.84 Å². The summed E-state index contributed by atoms with van der Waals surface area (Å²) in [6.07, 6.45) is 0.349. The summed E-state index contributed by atoms with van der Waals surface area (Å²) in [5.41, 5.74) is -0.0647. The minimum atomic E-state index is -3.17. The van der Waals surface area contributed by atoms with Crippen LogP contribution in [0, 0.1) is 12.7 Å². The molecule has 5 nitrogen and oxygen atoms in total. The van der Waals surface area contributed by atoms with Crippen LogP contribution in [0.25, 0.3) is 0 Å². The van der Waals surface area contributed by atoms with Gasteiger partial charge < -0.3 is 9.32 Å². The normalized spacial score (nSPS) is 19.3. The van der Waals surface area contributed by atoms with Gasteiger partial charge in [-0.1, -0.05) is 12.1 Å². The third kappa shape index (κ3) is 3.51. The molecule has 1 fully saturated rings. The minimum Gasteiger partial charge on any atom is -0.464 e. The Balaban J connectivity index is 1.92. The summed E-state index contributed by atoms with van der Waals surface area (Å²) in [5, 5.41) is 0. The maximum absolute atomic E-state index is 14.0. The minimum absolute atomic E-state index is 0.0376. The lowest BCUT2D eigenvalue weighted by atomic mass is 10.1. The Morgan fingerprint density at radius 3 is 2.62 bits per heavy atom. The number of carbonyl (C=O) groups is 1. The van der Waals surface area contributed by atoms with Gasteiger partial charge in [0.1, 0.15) is 17.3 Å². The Morgan fingerprint density at radius 1 is 1.29 bits per heavy atom. The zero-order valence-electron chi connectivity index (χ0n) is 13.2. The first-order valence-corrected chi connectivity index (χ1v) is 9.49. The zero-order valence-corrected chi connectivity index (χ0v) is 14.1. The molecule has 0 aliphatic carbocycles. The first-order chi connectivity index (χ1) is 11.4. The van der Waals surface area contributed by atoms with E-state index in [0.717, 1.165) is 0 Å². The monoisotopic (exact) mass is 351 g/mol. The van der Waals surface area contributed by atoms with Crippen LogP contribution in [0.2, 0.25) is 0 Å². The standard InChI is InChI=1S/C17H18FNO4S/c1-12-6-7-14(23-12)10-19(13-8-9-24(21,22)11-13)17(20)15-4-2-3-5-16(15)18/h2-7,13H,8-11H2,1H3/t13-/m0/s1. The summed E-state index contributed by atoms with van der Waals surface area (Å²) in [6, 6.07) is 8.73. The second-order valence-electron chi connectivity index (χ2n) is 5.98. The topological polar surface area (TPSA) is 67.6 Å². The Labute approximate surface area is 140 Å². The summed E-state index contributed by atoms with van der Waals surface area (Å²) >= 11 is 0. The molecule has 1 saturated heterocycles. The van der Waals surface area contributed by atoms with E-state index in [1.807, 2.05) is 0 Å². The Hall–Kier alpha value is -2.15. The van der Waals surface area contributed by atoms with Gasteiger partial charge in [0.2, 0.25) is 0 Å². The Bertz CT molecular complexity index is 859. The molecule has 1 aliphatic heterocycles. The number of rotatable bonds is 4. The summed E-state index contributed by atoms with van der Waals surface area (Å²) in [7, 11) is -3.17. The van der Waals surface area contributed by atoms with Gasteiger partial charge in [-0.25, -0.2) is 12.8 Å². The van der Waals surface area contributed by atoms with Crippen LogP contribution in [0.15, 0.2) is 40.8 Å². The van der Waals surface area contributed by atoms with Gasteiger partial charge in [0, 0.05) is 6.04 Å². The van der Waals surface area contributed by atoms with Gasteiger partial charge in [-0.3, -0.25) is 4.79 Å². The maximum Gasteiger partial charge on any atom is 0.257 e. The van der Waals surface area contributed by atoms with Crippen molar-refractivity contribution >= 4 is 15.7 Å². The molecule has 2 heterocycles. The van der Waals surface area contributed by atoms with Crippen molar-refractivity contribution in [2.45, 2.75) is 25.9 Å². The Kier molecular flexibility index (Phi) is 4.45. The fourth-order valence-corrected chi connectivity index (χ4v) is 4.65. The lowest BCUT2D eigenvalue weighted by Crippen LogP contribution is -2.40. The maximum atomic E-state index is 14.0. The van der Waals surface area contributed by atoms with Crippen LogP contribution in [0.4, 0.5) is 4.39 Å². The number of nitrogens with zero attached hydrogens (tertiary/aromatic N) is 1. The van der Waals surface area contributed by atoms with Gasteiger partial charge in [-0.05, 0) is 37.6 Å². The molecule has 0 spiro atoms. The summed E-state index contributed by atoms with van der Waals surface area (Å²) < 4.78 is 43.1. The quantitative estimate of drug-likeness (QED) is 0.849. The van der Waals surface area contributed by atoms with Crippen molar-refractivity contribution in [3.05, 3.63) is 59.3 Å². The molecular weight excluding hydrogens is 333 g/mol. The van der Waals surface area contributed by atoms with Crippen molar-refractivity contribution in [1.82, 2.24) is 4.90 Å². The van der Waals surface area contributed by atoms with Gasteiger partial charge in [0.05, 0.1) is 23.6 Å². The van der Waals surface area contributed by atoms with Crippen molar-refractivity contribution in [3.63, 3.8) is 0 Å². The van der Waals surface area contributed by atoms with Gasteiger partial charge >= 0.3 is 0 Å². The average Bonchev–Trinajstić information content (AvgIpc) is 3.10. The number of hydrogen-bond donors (Lipinski definition) is 0. The number of sulfone groups is 1. The number of hydrogen-bond acceptors (Lipinski definition) is 4. The molecule has 7 heteroatoms. The molecule has 0 N–H and O–H groups in total. The number of carbonyl (C=O) groups excluding carboxylic acids is 1. The van der Waals surface area contributed by atoms with E-state index in [-0.39, 0.29) is 23.6 Å². The van der Waals surface area contributed by atoms with Crippen molar-refractivity contribution in [2.75, 3.05) is 11.5 Å². The van der Waals surface area contributed by atoms with E-state index in [1.165, 1.54) is 23.1 Å². The highest BCUT2D eigenvalue weighted by molar-refractivity contribution is 7.91. The predicted octanol–water partition coefficient (Wildman–Crippen LogP) is 2.56. The highest BCUT2D eigenvalue weighted by atomic mass is 32.2. The van der Waals surface area contributed by atoms with Gasteiger partial charge in [0.25, 0.3) is 5.91 Å². The molecule has 1 atom stereocenters. The average molecular weight is 351 g/mol. The highest BCUT2D eigenvalue weighted by Gasteiger charge is 2.36. The smallest absolute Gasteiger partial charge is 0.257 e. The zero-order chi connectivity index (χ0) is 17.3. The van der Waals surface area contributed by atoms with Crippen LogP contribution in [0.3, 0.4) is 0 Å². The number of benzene rings is 1. The molecule has 2 aromatic rings. The van der Waals surface area contributed by atoms with E-state index < -0.39 is 27.6 Å². The number of amides is 1. The fraction of sp³-hybridized carbons (Fsp3) is 0.353. The predicted molar refractivity (Wildman–Crippen MR) is 86.8 cm³/mol. The van der Waals surface area contributed by atoms with Crippen molar-refractivity contribution in [2.24, 2.45) is 0 Å². The Morgan fingerprint density at radius 2 is 2.04 bits per heavy atom. The number of halogens is 1. The molecule has 0 radical (unpaired) electrons. The molecule has 1 amide bonds. The lowest BCUT2D eigenvalue weighted by molar-refractivity contribution is 0.0660. The number of furan rings is 1. The van der Waals surface area contributed by atoms with E-state index in [1.54, 1.807) is 25.1 Å². The third-order valence-electron chi connectivity index (χ3n) is 4.14. The van der Waals surface area contributed by atoms with Crippen LogP contribution in [-0.4, -0.2) is 36.8 Å². The molecular formula is C17H18FNO4S. The first kappa shape index (κ1) is 16.7. The SMILES string of the molecule is Cc1ccc(CN(C(=O)c2ccccc2F)[C@H]2CCS(=O)(=O)C2)o1. The lowest BCUT2D eigenvalue weighted by Gasteiger charge is -2.27. The molecule has 3 rings (SSSR count). The van der Waals surface area contributed by atoms with Crippen molar-refractivity contribution in [1.29, 1.82) is 0 Å².